The Kier molecular flexibility index (Phi) is 5.79. The molecule has 0 spiro atoms. The highest BCUT2D eigenvalue weighted by atomic mass is 16.4. The van der Waals surface area contributed by atoms with Gasteiger partial charge in [-0.05, 0) is 56.2 Å². The quantitative estimate of drug-likeness (QED) is 0.612. The fourth-order valence-corrected chi connectivity index (χ4v) is 2.11. The van der Waals surface area contributed by atoms with Gasteiger partial charge in [-0.3, -0.25) is 4.79 Å². The molecule has 0 saturated carbocycles. The van der Waals surface area contributed by atoms with Gasteiger partial charge in [0.25, 0.3) is 5.91 Å². The van der Waals surface area contributed by atoms with Crippen molar-refractivity contribution in [3.63, 3.8) is 0 Å². The number of benzene rings is 2. The van der Waals surface area contributed by atoms with Gasteiger partial charge in [0.1, 0.15) is 0 Å². The van der Waals surface area contributed by atoms with Crippen LogP contribution in [0.1, 0.15) is 18.1 Å². The van der Waals surface area contributed by atoms with E-state index >= 15 is 0 Å². The van der Waals surface area contributed by atoms with Crippen LogP contribution in [0.5, 0.6) is 0 Å². The molecule has 0 radical (unpaired) electrons. The second-order valence-corrected chi connectivity index (χ2v) is 5.61. The highest BCUT2D eigenvalue weighted by molar-refractivity contribution is 6.06. The Morgan fingerprint density at radius 3 is 2.24 bits per heavy atom. The molecule has 2 aromatic rings. The molecule has 0 aliphatic heterocycles. The van der Waals surface area contributed by atoms with Crippen molar-refractivity contribution < 1.29 is 14.7 Å². The first kappa shape index (κ1) is 18.1. The van der Waals surface area contributed by atoms with E-state index in [4.69, 9.17) is 5.11 Å². The van der Waals surface area contributed by atoms with E-state index in [1.807, 2.05) is 38.1 Å². The number of amides is 1. The molecule has 25 heavy (non-hydrogen) atoms. The average molecular weight is 337 g/mol. The molecule has 0 aliphatic rings. The highest BCUT2D eigenvalue weighted by Gasteiger charge is 2.08. The average Bonchev–Trinajstić information content (AvgIpc) is 2.55. The molecule has 0 fully saturated rings. The predicted molar refractivity (Wildman–Crippen MR) is 96.6 cm³/mol. The third kappa shape index (κ3) is 5.10. The lowest BCUT2D eigenvalue weighted by Crippen LogP contribution is -2.13. The zero-order valence-electron chi connectivity index (χ0n) is 14.3. The lowest BCUT2D eigenvalue weighted by Gasteiger charge is -2.07. The van der Waals surface area contributed by atoms with Gasteiger partial charge in [-0.15, -0.1) is 0 Å². The summed E-state index contributed by atoms with van der Waals surface area (Å²) in [5.74, 6) is -1.62. The lowest BCUT2D eigenvalue weighted by molar-refractivity contribution is -0.131. The number of nitrogens with one attached hydrogen (secondary N) is 1. The summed E-state index contributed by atoms with van der Waals surface area (Å²) in [6.45, 7) is 5.27. The molecule has 2 rings (SSSR count). The zero-order chi connectivity index (χ0) is 18.4. The highest BCUT2D eigenvalue weighted by Crippen LogP contribution is 2.26. The number of aliphatic carboxylic acids is 1. The number of carboxylic acid groups (broad SMARTS) is 1. The summed E-state index contributed by atoms with van der Waals surface area (Å²) in [5, 5.41) is 19.8. The summed E-state index contributed by atoms with van der Waals surface area (Å²) in [6, 6.07) is 12.9. The normalized spacial score (nSPS) is 11.6. The molecule has 0 unspecified atom stereocenters. The van der Waals surface area contributed by atoms with Crippen LogP contribution in [-0.4, -0.2) is 17.0 Å². The summed E-state index contributed by atoms with van der Waals surface area (Å²) in [4.78, 5) is 22.5. The Balaban J connectivity index is 2.14. The van der Waals surface area contributed by atoms with Gasteiger partial charge in [0.15, 0.2) is 0 Å². The number of anilines is 1. The van der Waals surface area contributed by atoms with Crippen LogP contribution in [-0.2, 0) is 9.59 Å². The van der Waals surface area contributed by atoms with E-state index in [2.05, 4.69) is 15.5 Å². The van der Waals surface area contributed by atoms with Crippen LogP contribution >= 0.6 is 0 Å². The van der Waals surface area contributed by atoms with Gasteiger partial charge in [0.05, 0.1) is 11.4 Å². The minimum atomic E-state index is -1.16. The predicted octanol–water partition coefficient (Wildman–Crippen LogP) is 4.69. The monoisotopic (exact) mass is 337 g/mol. The lowest BCUT2D eigenvalue weighted by atomic mass is 10.1. The summed E-state index contributed by atoms with van der Waals surface area (Å²) in [6.07, 6.45) is 0.868. The Hall–Kier alpha value is -3.28. The Morgan fingerprint density at radius 2 is 1.64 bits per heavy atom. The van der Waals surface area contributed by atoms with Gasteiger partial charge in [0, 0.05) is 17.3 Å². The number of hydrogen-bond donors (Lipinski definition) is 2. The second kappa shape index (κ2) is 8.01. The van der Waals surface area contributed by atoms with Crippen molar-refractivity contribution in [1.82, 2.24) is 0 Å². The van der Waals surface area contributed by atoms with Crippen molar-refractivity contribution in [3.8, 4) is 0 Å². The van der Waals surface area contributed by atoms with Gasteiger partial charge >= 0.3 is 5.97 Å². The van der Waals surface area contributed by atoms with Crippen LogP contribution in [0.4, 0.5) is 17.1 Å². The van der Waals surface area contributed by atoms with Crippen molar-refractivity contribution in [2.45, 2.75) is 20.8 Å². The summed E-state index contributed by atoms with van der Waals surface area (Å²) in [5.41, 5.74) is 4.06. The number of rotatable bonds is 5. The van der Waals surface area contributed by atoms with E-state index in [0.29, 0.717) is 11.4 Å². The summed E-state index contributed by atoms with van der Waals surface area (Å²) in [7, 11) is 0. The minimum Gasteiger partial charge on any atom is -0.478 e. The minimum absolute atomic E-state index is 0.119. The van der Waals surface area contributed by atoms with Crippen molar-refractivity contribution in [1.29, 1.82) is 0 Å². The zero-order valence-corrected chi connectivity index (χ0v) is 14.3. The molecule has 0 aromatic heterocycles. The van der Waals surface area contributed by atoms with Crippen LogP contribution < -0.4 is 5.32 Å². The summed E-state index contributed by atoms with van der Waals surface area (Å²) < 4.78 is 0. The standard InChI is InChI=1S/C19H19N3O3/c1-12-6-4-5-7-16(12)21-22-17-9-8-15(10-13(17)2)20-19(25)14(3)11-18(23)24/h4-11H,1-3H3,(H,20,25)(H,23,24)/b14-11-,22-21?. The van der Waals surface area contributed by atoms with Gasteiger partial charge in [0.2, 0.25) is 0 Å². The topological polar surface area (TPSA) is 91.1 Å². The second-order valence-electron chi connectivity index (χ2n) is 5.61. The molecule has 6 nitrogen and oxygen atoms in total. The van der Waals surface area contributed by atoms with Crippen LogP contribution in [0.2, 0.25) is 0 Å². The largest absolute Gasteiger partial charge is 0.478 e. The SMILES string of the molecule is C/C(=C/C(=O)O)C(=O)Nc1ccc(N=Nc2ccccc2C)c(C)c1. The molecule has 0 bridgehead atoms. The van der Waals surface area contributed by atoms with Crippen molar-refractivity contribution in [2.24, 2.45) is 10.2 Å². The van der Waals surface area contributed by atoms with Crippen LogP contribution in [0.3, 0.4) is 0 Å². The molecule has 2 aromatic carbocycles. The van der Waals surface area contributed by atoms with E-state index in [1.54, 1.807) is 18.2 Å². The molecule has 1 amide bonds. The fraction of sp³-hybridized carbons (Fsp3) is 0.158. The van der Waals surface area contributed by atoms with Crippen LogP contribution in [0.15, 0.2) is 64.3 Å². The molecule has 2 N–H and O–H groups in total. The van der Waals surface area contributed by atoms with Gasteiger partial charge < -0.3 is 10.4 Å². The third-order valence-corrected chi connectivity index (χ3v) is 3.53. The van der Waals surface area contributed by atoms with Crippen LogP contribution in [0.25, 0.3) is 0 Å². The van der Waals surface area contributed by atoms with E-state index in [9.17, 15) is 9.59 Å². The number of carbonyl (C=O) groups excluding carboxylic acids is 1. The van der Waals surface area contributed by atoms with Gasteiger partial charge in [-0.25, -0.2) is 4.79 Å². The number of carbonyl (C=O) groups is 2. The maximum atomic E-state index is 11.9. The van der Waals surface area contributed by atoms with E-state index in [-0.39, 0.29) is 5.57 Å². The van der Waals surface area contributed by atoms with E-state index in [0.717, 1.165) is 22.9 Å². The van der Waals surface area contributed by atoms with Crippen molar-refractivity contribution >= 4 is 28.9 Å². The number of azo groups is 1. The Morgan fingerprint density at radius 1 is 1.00 bits per heavy atom. The Bertz CT molecular complexity index is 870. The molecular weight excluding hydrogens is 318 g/mol. The Labute approximate surface area is 145 Å². The maximum Gasteiger partial charge on any atom is 0.328 e. The molecule has 0 aliphatic carbocycles. The number of aryl methyl sites for hydroxylation is 2. The first-order valence-electron chi connectivity index (χ1n) is 7.67. The fourth-order valence-electron chi connectivity index (χ4n) is 2.11. The smallest absolute Gasteiger partial charge is 0.328 e. The van der Waals surface area contributed by atoms with Gasteiger partial charge in [-0.1, -0.05) is 18.2 Å². The van der Waals surface area contributed by atoms with Crippen LogP contribution in [0, 0.1) is 13.8 Å². The molecule has 128 valence electrons. The van der Waals surface area contributed by atoms with E-state index in [1.165, 1.54) is 6.92 Å². The van der Waals surface area contributed by atoms with E-state index < -0.39 is 11.9 Å². The molecule has 6 heteroatoms. The first-order chi connectivity index (χ1) is 11.9. The summed E-state index contributed by atoms with van der Waals surface area (Å²) >= 11 is 0. The maximum absolute atomic E-state index is 11.9. The number of nitrogens with zero attached hydrogens (tertiary/aromatic N) is 2. The first-order valence-corrected chi connectivity index (χ1v) is 7.67. The molecule has 0 heterocycles. The van der Waals surface area contributed by atoms with Gasteiger partial charge in [-0.2, -0.15) is 10.2 Å². The van der Waals surface area contributed by atoms with Crippen molar-refractivity contribution in [2.75, 3.05) is 5.32 Å². The molecule has 0 atom stereocenters. The molecule has 0 saturated heterocycles. The van der Waals surface area contributed by atoms with Crippen molar-refractivity contribution in [3.05, 3.63) is 65.2 Å². The third-order valence-electron chi connectivity index (χ3n) is 3.53. The molecular formula is C19H19N3O3. The number of carboxylic acids is 1. The number of hydrogen-bond acceptors (Lipinski definition) is 4.